The normalized spacial score (nSPS) is 38.8. The highest BCUT2D eigenvalue weighted by molar-refractivity contribution is 5.85. The van der Waals surface area contributed by atoms with Crippen molar-refractivity contribution in [2.75, 3.05) is 6.54 Å². The van der Waals surface area contributed by atoms with Gasteiger partial charge >= 0.3 is 5.97 Å². The van der Waals surface area contributed by atoms with E-state index in [1.54, 1.807) is 0 Å². The highest BCUT2D eigenvalue weighted by atomic mass is 35.5. The molecule has 2 fully saturated rings. The van der Waals surface area contributed by atoms with Crippen molar-refractivity contribution in [3.05, 3.63) is 0 Å². The summed E-state index contributed by atoms with van der Waals surface area (Å²) >= 11 is 0. The van der Waals surface area contributed by atoms with Gasteiger partial charge in [-0.1, -0.05) is 0 Å². The Balaban J connectivity index is 0.000000720. The Morgan fingerprint density at radius 1 is 1.33 bits per heavy atom. The monoisotopic (exact) mass is 191 g/mol. The highest BCUT2D eigenvalue weighted by Gasteiger charge is 2.36. The van der Waals surface area contributed by atoms with Gasteiger partial charge in [-0.15, -0.1) is 12.4 Å². The molecule has 1 saturated carbocycles. The number of fused-ring (bicyclic) bond motifs is 2. The third-order valence-corrected chi connectivity index (χ3v) is 2.85. The van der Waals surface area contributed by atoms with Crippen molar-refractivity contribution in [1.82, 2.24) is 5.32 Å². The van der Waals surface area contributed by atoms with Crippen molar-refractivity contribution < 1.29 is 9.90 Å². The van der Waals surface area contributed by atoms with Gasteiger partial charge in [-0.25, -0.2) is 0 Å². The molecule has 0 spiro atoms. The molecule has 4 heteroatoms. The Labute approximate surface area is 77.9 Å². The first kappa shape index (κ1) is 9.81. The van der Waals surface area contributed by atoms with Crippen LogP contribution in [0.15, 0.2) is 0 Å². The molecule has 0 aromatic carbocycles. The minimum Gasteiger partial charge on any atom is -0.481 e. The lowest BCUT2D eigenvalue weighted by atomic mass is 9.82. The topological polar surface area (TPSA) is 49.3 Å². The minimum atomic E-state index is -0.608. The molecule has 0 amide bonds. The summed E-state index contributed by atoms with van der Waals surface area (Å²) < 4.78 is 0. The Morgan fingerprint density at radius 3 is 2.67 bits per heavy atom. The van der Waals surface area contributed by atoms with Crippen molar-refractivity contribution in [2.24, 2.45) is 11.8 Å². The van der Waals surface area contributed by atoms with E-state index in [2.05, 4.69) is 5.32 Å². The molecule has 1 aliphatic carbocycles. The third kappa shape index (κ3) is 1.72. The number of hydrogen-bond acceptors (Lipinski definition) is 2. The molecule has 0 aromatic rings. The highest BCUT2D eigenvalue weighted by Crippen LogP contribution is 2.33. The molecule has 0 aromatic heterocycles. The van der Waals surface area contributed by atoms with Crippen LogP contribution in [0, 0.1) is 11.8 Å². The van der Waals surface area contributed by atoms with Gasteiger partial charge in [0.1, 0.15) is 0 Å². The summed E-state index contributed by atoms with van der Waals surface area (Å²) in [6, 6.07) is 0.495. The van der Waals surface area contributed by atoms with E-state index >= 15 is 0 Å². The first-order valence-electron chi connectivity index (χ1n) is 4.22. The van der Waals surface area contributed by atoms with Crippen LogP contribution in [-0.4, -0.2) is 23.7 Å². The van der Waals surface area contributed by atoms with E-state index in [1.165, 1.54) is 6.42 Å². The zero-order chi connectivity index (χ0) is 7.84. The van der Waals surface area contributed by atoms with Crippen LogP contribution < -0.4 is 5.32 Å². The summed E-state index contributed by atoms with van der Waals surface area (Å²) in [5.74, 6) is -0.0491. The maximum atomic E-state index is 10.6. The molecule has 3 nitrogen and oxygen atoms in total. The van der Waals surface area contributed by atoms with Crippen LogP contribution in [0.2, 0.25) is 0 Å². The fraction of sp³-hybridized carbons (Fsp3) is 0.875. The van der Waals surface area contributed by atoms with Crippen LogP contribution in [0.25, 0.3) is 0 Å². The van der Waals surface area contributed by atoms with Gasteiger partial charge in [-0.2, -0.15) is 0 Å². The maximum absolute atomic E-state index is 10.6. The van der Waals surface area contributed by atoms with Crippen molar-refractivity contribution in [3.63, 3.8) is 0 Å². The third-order valence-electron chi connectivity index (χ3n) is 2.85. The Bertz CT molecular complexity index is 174. The van der Waals surface area contributed by atoms with E-state index in [-0.39, 0.29) is 18.3 Å². The van der Waals surface area contributed by atoms with E-state index in [4.69, 9.17) is 5.11 Å². The summed E-state index contributed by atoms with van der Waals surface area (Å²) in [4.78, 5) is 10.6. The summed E-state index contributed by atoms with van der Waals surface area (Å²) in [5.41, 5.74) is 0. The SMILES string of the molecule is Cl.O=C(O)[C@@H]1C[C@H]2CN[C@H](C2)C1. The van der Waals surface area contributed by atoms with Crippen molar-refractivity contribution >= 4 is 18.4 Å². The molecule has 70 valence electrons. The molecule has 2 bridgehead atoms. The number of hydrogen-bond donors (Lipinski definition) is 2. The first-order chi connectivity index (χ1) is 5.25. The molecular weight excluding hydrogens is 178 g/mol. The molecule has 1 heterocycles. The summed E-state index contributed by atoms with van der Waals surface area (Å²) in [5, 5.41) is 12.1. The second-order valence-corrected chi connectivity index (χ2v) is 3.71. The second-order valence-electron chi connectivity index (χ2n) is 3.71. The van der Waals surface area contributed by atoms with E-state index in [0.717, 1.165) is 19.4 Å². The second kappa shape index (κ2) is 3.62. The van der Waals surface area contributed by atoms with Gasteiger partial charge in [-0.05, 0) is 31.7 Å². The van der Waals surface area contributed by atoms with Crippen LogP contribution in [0.3, 0.4) is 0 Å². The van der Waals surface area contributed by atoms with Crippen molar-refractivity contribution in [2.45, 2.75) is 25.3 Å². The lowest BCUT2D eigenvalue weighted by Crippen LogP contribution is -2.28. The molecule has 2 aliphatic rings. The fourth-order valence-electron chi connectivity index (χ4n) is 2.31. The van der Waals surface area contributed by atoms with Gasteiger partial charge in [-0.3, -0.25) is 4.79 Å². The van der Waals surface area contributed by atoms with Crippen molar-refractivity contribution in [1.29, 1.82) is 0 Å². The average Bonchev–Trinajstić information content (AvgIpc) is 2.30. The zero-order valence-electron chi connectivity index (χ0n) is 6.82. The Morgan fingerprint density at radius 2 is 2.08 bits per heavy atom. The number of halogens is 1. The van der Waals surface area contributed by atoms with Crippen LogP contribution in [0.4, 0.5) is 0 Å². The lowest BCUT2D eigenvalue weighted by molar-refractivity contribution is -0.143. The van der Waals surface area contributed by atoms with Gasteiger partial charge in [0.2, 0.25) is 0 Å². The Kier molecular flexibility index (Phi) is 2.96. The maximum Gasteiger partial charge on any atom is 0.306 e. The van der Waals surface area contributed by atoms with Crippen LogP contribution >= 0.6 is 12.4 Å². The fourth-order valence-corrected chi connectivity index (χ4v) is 2.31. The molecule has 2 N–H and O–H groups in total. The predicted octanol–water partition coefficient (Wildman–Crippen LogP) is 0.881. The molecule has 1 saturated heterocycles. The van der Waals surface area contributed by atoms with Crippen LogP contribution in [0.5, 0.6) is 0 Å². The standard InChI is InChI=1S/C8H13NO2.ClH/c10-8(11)6-1-5-2-7(3-6)9-4-5;/h5-7,9H,1-4H2,(H,10,11);1H/t5-,6-,7-;/m1./s1. The van der Waals surface area contributed by atoms with Gasteiger partial charge in [0.05, 0.1) is 5.92 Å². The first-order valence-corrected chi connectivity index (χ1v) is 4.22. The summed E-state index contributed by atoms with van der Waals surface area (Å²) in [7, 11) is 0. The van der Waals surface area contributed by atoms with Crippen LogP contribution in [-0.2, 0) is 4.79 Å². The zero-order valence-corrected chi connectivity index (χ0v) is 7.64. The number of rotatable bonds is 1. The molecule has 3 atom stereocenters. The Hall–Kier alpha value is -0.280. The largest absolute Gasteiger partial charge is 0.481 e. The van der Waals surface area contributed by atoms with Gasteiger partial charge in [0, 0.05) is 6.04 Å². The van der Waals surface area contributed by atoms with Gasteiger partial charge < -0.3 is 10.4 Å². The van der Waals surface area contributed by atoms with E-state index < -0.39 is 5.97 Å². The molecule has 0 radical (unpaired) electrons. The van der Waals surface area contributed by atoms with E-state index in [9.17, 15) is 4.79 Å². The number of nitrogens with one attached hydrogen (secondary N) is 1. The quantitative estimate of drug-likeness (QED) is 0.647. The van der Waals surface area contributed by atoms with E-state index in [0.29, 0.717) is 12.0 Å². The average molecular weight is 192 g/mol. The van der Waals surface area contributed by atoms with E-state index in [1.807, 2.05) is 0 Å². The number of carboxylic acids is 1. The molecule has 1 aliphatic heterocycles. The molecule has 2 rings (SSSR count). The van der Waals surface area contributed by atoms with Gasteiger partial charge in [0.15, 0.2) is 0 Å². The van der Waals surface area contributed by atoms with Crippen molar-refractivity contribution in [3.8, 4) is 0 Å². The minimum absolute atomic E-state index is 0. The molecule has 0 unspecified atom stereocenters. The molecular formula is C8H14ClNO2. The van der Waals surface area contributed by atoms with Gasteiger partial charge in [0.25, 0.3) is 0 Å². The molecule has 12 heavy (non-hydrogen) atoms. The summed E-state index contributed by atoms with van der Waals surface area (Å²) in [6.07, 6.45) is 2.93. The summed E-state index contributed by atoms with van der Waals surface area (Å²) in [6.45, 7) is 1.04. The number of carboxylic acid groups (broad SMARTS) is 1. The lowest BCUT2D eigenvalue weighted by Gasteiger charge is -2.23. The number of carbonyl (C=O) groups is 1. The predicted molar refractivity (Wildman–Crippen MR) is 47.5 cm³/mol. The van der Waals surface area contributed by atoms with Crippen LogP contribution in [0.1, 0.15) is 19.3 Å². The number of aliphatic carboxylic acids is 1. The smallest absolute Gasteiger partial charge is 0.306 e.